The van der Waals surface area contributed by atoms with Crippen LogP contribution in [0.25, 0.3) is 0 Å². The van der Waals surface area contributed by atoms with Gasteiger partial charge in [0.15, 0.2) is 0 Å². The average molecular weight is 307 g/mol. The van der Waals surface area contributed by atoms with E-state index in [1.54, 1.807) is 49.5 Å². The largest absolute Gasteiger partial charge is 0.492 e. The molecule has 0 bridgehead atoms. The summed E-state index contributed by atoms with van der Waals surface area (Å²) >= 11 is 0. The molecule has 1 heterocycles. The summed E-state index contributed by atoms with van der Waals surface area (Å²) in [7, 11) is -3.48. The minimum absolute atomic E-state index is 0.0541. The molecule has 1 aromatic heterocycles. The molecule has 0 atom stereocenters. The fourth-order valence-electron chi connectivity index (χ4n) is 1.64. The predicted octanol–water partition coefficient (Wildman–Crippen LogP) is 1.79. The van der Waals surface area contributed by atoms with Gasteiger partial charge >= 0.3 is 0 Å². The number of aryl methyl sites for hydroxylation is 1. The van der Waals surface area contributed by atoms with Crippen LogP contribution >= 0.6 is 0 Å². The number of nitrogens with zero attached hydrogens (tertiary/aromatic N) is 1. The number of hydrogen-bond donors (Lipinski definition) is 2. The topological polar surface area (TPSA) is 94.3 Å². The molecule has 0 spiro atoms. The molecular formula is C14H17N3O3S. The van der Waals surface area contributed by atoms with Gasteiger partial charge in [-0.1, -0.05) is 0 Å². The van der Waals surface area contributed by atoms with E-state index in [4.69, 9.17) is 10.5 Å². The molecule has 0 saturated carbocycles. The van der Waals surface area contributed by atoms with Crippen molar-refractivity contribution in [1.82, 2.24) is 4.98 Å². The predicted molar refractivity (Wildman–Crippen MR) is 82.7 cm³/mol. The molecule has 3 N–H and O–H groups in total. The van der Waals surface area contributed by atoms with Gasteiger partial charge in [0.05, 0.1) is 11.4 Å². The first-order valence-corrected chi connectivity index (χ1v) is 8.02. The molecule has 0 saturated heterocycles. The lowest BCUT2D eigenvalue weighted by molar-refractivity contribution is 0.341. The summed E-state index contributed by atoms with van der Waals surface area (Å²) in [5.74, 6) is 0.433. The second-order valence-electron chi connectivity index (χ2n) is 4.47. The van der Waals surface area contributed by atoms with Crippen molar-refractivity contribution in [2.24, 2.45) is 0 Å². The summed E-state index contributed by atoms with van der Waals surface area (Å²) in [5, 5.41) is 0. The van der Waals surface area contributed by atoms with Gasteiger partial charge in [-0.15, -0.1) is 0 Å². The van der Waals surface area contributed by atoms with Crippen LogP contribution in [0.2, 0.25) is 0 Å². The van der Waals surface area contributed by atoms with Crippen LogP contribution in [0.15, 0.2) is 42.6 Å². The van der Waals surface area contributed by atoms with E-state index in [2.05, 4.69) is 9.71 Å². The van der Waals surface area contributed by atoms with Crippen LogP contribution in [0.4, 0.5) is 11.4 Å². The molecule has 6 nitrogen and oxygen atoms in total. The Hall–Kier alpha value is -2.28. The first-order valence-electron chi connectivity index (χ1n) is 6.37. The number of benzene rings is 1. The first kappa shape index (κ1) is 15.1. The van der Waals surface area contributed by atoms with Crippen molar-refractivity contribution in [1.29, 1.82) is 0 Å². The Balaban J connectivity index is 1.90. The molecule has 0 aliphatic heterocycles. The Morgan fingerprint density at radius 1 is 1.24 bits per heavy atom. The lowest BCUT2D eigenvalue weighted by Gasteiger charge is -2.10. The molecular weight excluding hydrogens is 290 g/mol. The molecule has 0 fully saturated rings. The number of sulfonamides is 1. The summed E-state index contributed by atoms with van der Waals surface area (Å²) in [5.41, 5.74) is 7.29. The first-order chi connectivity index (χ1) is 9.96. The highest BCUT2D eigenvalue weighted by molar-refractivity contribution is 7.92. The van der Waals surface area contributed by atoms with Crippen LogP contribution in [-0.2, 0) is 10.0 Å². The Morgan fingerprint density at radius 3 is 2.62 bits per heavy atom. The zero-order valence-corrected chi connectivity index (χ0v) is 12.4. The average Bonchev–Trinajstić information content (AvgIpc) is 2.43. The van der Waals surface area contributed by atoms with E-state index in [-0.39, 0.29) is 12.4 Å². The number of nitrogen functional groups attached to an aromatic ring is 1. The lowest BCUT2D eigenvalue weighted by Crippen LogP contribution is -2.21. The number of nitrogens with two attached hydrogens (primary N) is 1. The molecule has 7 heteroatoms. The molecule has 112 valence electrons. The van der Waals surface area contributed by atoms with Gasteiger partial charge in [-0.2, -0.15) is 0 Å². The maximum Gasteiger partial charge on any atom is 0.236 e. The van der Waals surface area contributed by atoms with Crippen LogP contribution < -0.4 is 15.2 Å². The lowest BCUT2D eigenvalue weighted by atomic mass is 10.3. The van der Waals surface area contributed by atoms with Crippen molar-refractivity contribution in [3.05, 3.63) is 48.3 Å². The highest BCUT2D eigenvalue weighted by Crippen LogP contribution is 2.14. The summed E-state index contributed by atoms with van der Waals surface area (Å²) in [6.07, 6.45) is 1.61. The zero-order chi connectivity index (χ0) is 15.3. The SMILES string of the molecule is Cc1ncccc1NS(=O)(=O)CCOc1ccc(N)cc1. The summed E-state index contributed by atoms with van der Waals surface area (Å²) in [6, 6.07) is 10.1. The summed E-state index contributed by atoms with van der Waals surface area (Å²) in [6.45, 7) is 1.79. The van der Waals surface area contributed by atoms with Crippen molar-refractivity contribution >= 4 is 21.4 Å². The van der Waals surface area contributed by atoms with E-state index in [1.165, 1.54) is 0 Å². The van der Waals surface area contributed by atoms with E-state index in [1.807, 2.05) is 0 Å². The van der Waals surface area contributed by atoms with Gasteiger partial charge in [0, 0.05) is 11.9 Å². The number of nitrogens with one attached hydrogen (secondary N) is 1. The van der Waals surface area contributed by atoms with Gasteiger partial charge in [0.2, 0.25) is 10.0 Å². The second kappa shape index (κ2) is 6.45. The van der Waals surface area contributed by atoms with E-state index < -0.39 is 10.0 Å². The Labute approximate surface area is 124 Å². The number of rotatable bonds is 6. The van der Waals surface area contributed by atoms with Crippen LogP contribution in [-0.4, -0.2) is 25.8 Å². The molecule has 0 aliphatic carbocycles. The van der Waals surface area contributed by atoms with E-state index in [0.29, 0.717) is 22.8 Å². The van der Waals surface area contributed by atoms with Gasteiger partial charge in [0.1, 0.15) is 18.1 Å². The monoisotopic (exact) mass is 307 g/mol. The fourth-order valence-corrected chi connectivity index (χ4v) is 2.60. The Kier molecular flexibility index (Phi) is 4.64. The van der Waals surface area contributed by atoms with Gasteiger partial charge in [0.25, 0.3) is 0 Å². The third kappa shape index (κ3) is 4.64. The van der Waals surface area contributed by atoms with Crippen molar-refractivity contribution in [2.75, 3.05) is 22.8 Å². The third-order valence-electron chi connectivity index (χ3n) is 2.77. The van der Waals surface area contributed by atoms with Crippen LogP contribution in [0.5, 0.6) is 5.75 Å². The van der Waals surface area contributed by atoms with E-state index in [9.17, 15) is 8.42 Å². The Morgan fingerprint density at radius 2 is 1.95 bits per heavy atom. The van der Waals surface area contributed by atoms with Crippen LogP contribution in [0.1, 0.15) is 5.69 Å². The number of anilines is 2. The number of hydrogen-bond acceptors (Lipinski definition) is 5. The smallest absolute Gasteiger partial charge is 0.236 e. The molecule has 0 radical (unpaired) electrons. The highest BCUT2D eigenvalue weighted by atomic mass is 32.2. The number of ether oxygens (including phenoxy) is 1. The van der Waals surface area contributed by atoms with Gasteiger partial charge in [-0.3, -0.25) is 9.71 Å². The third-order valence-corrected chi connectivity index (χ3v) is 4.01. The molecule has 2 rings (SSSR count). The quantitative estimate of drug-likeness (QED) is 0.793. The van der Waals surface area contributed by atoms with Gasteiger partial charge < -0.3 is 10.5 Å². The second-order valence-corrected chi connectivity index (χ2v) is 6.32. The van der Waals surface area contributed by atoms with Gasteiger partial charge in [-0.25, -0.2) is 8.42 Å². The molecule has 1 aromatic carbocycles. The Bertz CT molecular complexity index is 700. The molecule has 0 amide bonds. The normalized spacial score (nSPS) is 11.1. The minimum Gasteiger partial charge on any atom is -0.492 e. The minimum atomic E-state index is -3.48. The standard InChI is InChI=1S/C14H17N3O3S/c1-11-14(3-2-8-16-11)17-21(18,19)10-9-20-13-6-4-12(15)5-7-13/h2-8,17H,9-10,15H2,1H3. The zero-order valence-electron chi connectivity index (χ0n) is 11.6. The van der Waals surface area contributed by atoms with Crippen molar-refractivity contribution < 1.29 is 13.2 Å². The molecule has 21 heavy (non-hydrogen) atoms. The summed E-state index contributed by atoms with van der Waals surface area (Å²) < 4.78 is 31.8. The van der Waals surface area contributed by atoms with Crippen LogP contribution in [0.3, 0.4) is 0 Å². The van der Waals surface area contributed by atoms with E-state index >= 15 is 0 Å². The molecule has 0 aliphatic rings. The van der Waals surface area contributed by atoms with E-state index in [0.717, 1.165) is 0 Å². The molecule has 0 unspecified atom stereocenters. The number of aromatic nitrogens is 1. The highest BCUT2D eigenvalue weighted by Gasteiger charge is 2.12. The van der Waals surface area contributed by atoms with Crippen molar-refractivity contribution in [3.63, 3.8) is 0 Å². The van der Waals surface area contributed by atoms with Gasteiger partial charge in [-0.05, 0) is 43.3 Å². The van der Waals surface area contributed by atoms with Crippen molar-refractivity contribution in [2.45, 2.75) is 6.92 Å². The van der Waals surface area contributed by atoms with Crippen LogP contribution in [0, 0.1) is 6.92 Å². The van der Waals surface area contributed by atoms with Crippen molar-refractivity contribution in [3.8, 4) is 5.75 Å². The molecule has 2 aromatic rings. The maximum absolute atomic E-state index is 12.0. The fraction of sp³-hybridized carbons (Fsp3) is 0.214. The summed E-state index contributed by atoms with van der Waals surface area (Å²) in [4.78, 5) is 4.03. The number of pyridine rings is 1. The maximum atomic E-state index is 12.0.